The fourth-order valence-electron chi connectivity index (χ4n) is 16.1. The van der Waals surface area contributed by atoms with Gasteiger partial charge in [-0.1, -0.05) is 70.8 Å². The van der Waals surface area contributed by atoms with Crippen molar-refractivity contribution in [3.8, 4) is 0 Å². The molecular formula is C71H89N19O38P7S7-7. The number of hydrogen-bond donors (Lipinski definition) is 7. The van der Waals surface area contributed by atoms with Crippen LogP contribution in [0, 0.1) is 41.5 Å². The summed E-state index contributed by atoms with van der Waals surface area (Å²) in [6, 6.07) is 0. The largest absolute Gasteiger partial charge is 0.780 e. The maximum atomic E-state index is 14.9. The van der Waals surface area contributed by atoms with Crippen molar-refractivity contribution in [2.75, 3.05) is 64.0 Å². The predicted molar refractivity (Wildman–Crippen MR) is 502 cm³/mol. The van der Waals surface area contributed by atoms with E-state index in [2.05, 4.69) is 44.9 Å². The van der Waals surface area contributed by atoms with Crippen molar-refractivity contribution in [3.63, 3.8) is 0 Å². The van der Waals surface area contributed by atoms with E-state index in [9.17, 15) is 81.9 Å². The van der Waals surface area contributed by atoms with Crippen molar-refractivity contribution in [1.82, 2.24) is 76.8 Å². The van der Waals surface area contributed by atoms with Gasteiger partial charge < -0.3 is 155 Å². The number of fused-ring (bicyclic) bond motifs is 1. The van der Waals surface area contributed by atoms with Gasteiger partial charge in [0.1, 0.15) is 144 Å². The lowest BCUT2D eigenvalue weighted by Crippen LogP contribution is -2.34. The highest BCUT2D eigenvalue weighted by Crippen LogP contribution is 2.57. The number of nitrogens with zero attached hydrogens (tertiary/aromatic N) is 12. The van der Waals surface area contributed by atoms with Crippen LogP contribution in [0.5, 0.6) is 0 Å². The molecule has 8 aromatic rings. The highest BCUT2D eigenvalue weighted by molar-refractivity contribution is 8.32. The number of aryl methyl sites for hydroxylation is 6. The molecule has 7 unspecified atom stereocenters. The molecule has 142 heavy (non-hydrogen) atoms. The standard InChI is InChI=1S/C71H96N19O38P7S7/c1-30-16-84(66(95)78-58(30)72)51-11-39(46(117-51)25-112-132(104,139)127-42-14-55(89-21-35(6)65(94)83-71(89)100)120-48(42)26-113-133(105,140)126-41-13-54(88-20-34(5)64(93)82-70(88)99)119-45(41)23-109-130(102,137)122-37-9-50(115-36(37)7)86-18-32(3)62(91)80-68(86)97)124-131(103,138)111-24-47-40(12-52(118-47)85-17-31(2)59(73)79-67(85)96)125-134(106,141)114-27-49-43(15-56(121-49)90-29-77-57-60(74)75-28-76-61(57)90)128-135(107,142)110-22-44-38(123-129(101,136)108-8)10-53(116-44)87-19-33(4)63(92)81-69(87)98/h16-21,28-29,36-56H,9-15,22-27H2,1-8H3,(H,101,136)(H,102,137)(H,103,138)(H,104,139)(H,105,140)(H,106,141)(H,107,142)(H2,72,78,95)(H2,73,79,96)(H2,74,75,76)(H,80,91,97)(H,81,92,98)(H,82,93,99)(H,83,94,100)/p-7/t36-,37-,38-,39-,40-,41-,42-,43-,44-,45-,46-,47-,48-,49-,50-,51-,52-,53-,54-,55-,56-,129?,130?,131?,132?,133?,134?,135?/m1/s1. The number of aromatic amines is 4. The van der Waals surface area contributed by atoms with Crippen LogP contribution < -0.4 is 103 Å². The zero-order chi connectivity index (χ0) is 103. The van der Waals surface area contributed by atoms with E-state index in [0.29, 0.717) is 0 Å². The molecule has 0 aromatic carbocycles. The summed E-state index contributed by atoms with van der Waals surface area (Å²) in [5.41, 5.74) is 10.8. The van der Waals surface area contributed by atoms with E-state index < -0.39 is 298 Å². The normalized spacial score (nSPS) is 29.9. The fourth-order valence-corrected chi connectivity index (χ4v) is 25.9. The highest BCUT2D eigenvalue weighted by Gasteiger charge is 2.49. The molecule has 10 N–H and O–H groups in total. The molecule has 0 saturated carbocycles. The molecule has 15 rings (SSSR count). The maximum Gasteiger partial charge on any atom is 0.351 e. The lowest BCUT2D eigenvalue weighted by molar-refractivity contribution is -0.221. The fraction of sp³-hybridized carbons (Fsp3) is 0.592. The number of H-pyrrole nitrogens is 4. The van der Waals surface area contributed by atoms with E-state index in [1.54, 1.807) is 0 Å². The number of aromatic nitrogens is 16. The second kappa shape index (κ2) is 44.2. The quantitative estimate of drug-likeness (QED) is 0.0147. The Morgan fingerprint density at radius 1 is 0.366 bits per heavy atom. The van der Waals surface area contributed by atoms with E-state index in [1.807, 2.05) is 0 Å². The predicted octanol–water partition coefficient (Wildman–Crippen LogP) is -3.22. The molecule has 0 spiro atoms. The molecule has 8 aromatic heterocycles. The summed E-state index contributed by atoms with van der Waals surface area (Å²) in [6.45, 7) is -28.8. The Labute approximate surface area is 834 Å². The van der Waals surface area contributed by atoms with Crippen LogP contribution in [-0.4, -0.2) is 209 Å². The maximum absolute atomic E-state index is 14.9. The van der Waals surface area contributed by atoms with E-state index in [4.69, 9.17) is 197 Å². The van der Waals surface area contributed by atoms with Gasteiger partial charge in [-0.3, -0.25) is 75.6 Å². The first-order valence-electron chi connectivity index (χ1n) is 42.4. The molecule has 15 heterocycles. The van der Waals surface area contributed by atoms with Gasteiger partial charge in [0.25, 0.3) is 22.2 Å². The second-order valence-electron chi connectivity index (χ2n) is 33.3. The van der Waals surface area contributed by atoms with Crippen LogP contribution in [0.3, 0.4) is 0 Å². The highest BCUT2D eigenvalue weighted by atomic mass is 32.7. The molecule has 0 aliphatic carbocycles. The molecule has 780 valence electrons. The monoisotopic (exact) mass is 2260 g/mol. The van der Waals surface area contributed by atoms with Gasteiger partial charge in [-0.05, 0) is 48.5 Å². The number of nitrogens with one attached hydrogen (secondary N) is 4. The summed E-state index contributed by atoms with van der Waals surface area (Å²) in [5, 5.41) is 0. The third-order valence-corrected chi connectivity index (χ3v) is 34.5. The Morgan fingerprint density at radius 2 is 0.627 bits per heavy atom. The SMILES string of the molecule is COP([O-])(=S)O[C@@H]1C[C@H](n2cc(C)c(=O)[nH]c2=O)O[C@@H]1COP([O-])(=S)O[C@@H]1C[C@H](n2cnc3c(N)ncnc32)O[C@@H]1COP([O-])(=S)O[C@@H]1C[C@H](n2cc(C)c(N)nc2=O)O[C@@H]1COP([O-])(=S)O[C@@H]1C[C@H](n2cc(C)c(N)nc2=O)O[C@@H]1COP([O-])(=S)O[C@@H]1C[C@H](n2cc(C)c(=O)[nH]c2=O)O[C@@H]1COP(=O)([S-])O[C@@H]1C[C@H](n2cc(C)c(=O)[nH]c2=O)O[C@@H]1COP([O-])(=S)O[C@@H]1C[C@H](n2cc(C)c(=O)[nH]c2=O)O[C@@H]1C. The van der Waals surface area contributed by atoms with Gasteiger partial charge in [0.2, 0.25) is 0 Å². The average molecular weight is 2260 g/mol. The summed E-state index contributed by atoms with van der Waals surface area (Å²) in [7, 11) is 1.02. The molecule has 7 aliphatic rings. The van der Waals surface area contributed by atoms with Gasteiger partial charge in [0.05, 0.1) is 94.8 Å². The van der Waals surface area contributed by atoms with Crippen LogP contribution in [0.25, 0.3) is 11.2 Å². The molecule has 0 bridgehead atoms. The van der Waals surface area contributed by atoms with Crippen molar-refractivity contribution in [3.05, 3.63) is 188 Å². The van der Waals surface area contributed by atoms with Crippen molar-refractivity contribution in [2.45, 2.75) is 222 Å². The third-order valence-electron chi connectivity index (χ3n) is 23.4. The van der Waals surface area contributed by atoms with Crippen LogP contribution in [0.2, 0.25) is 0 Å². The van der Waals surface area contributed by atoms with Crippen LogP contribution >= 0.6 is 47.1 Å². The lowest BCUT2D eigenvalue weighted by Gasteiger charge is -2.36. The average Bonchev–Trinajstić information content (AvgIpc) is 1.64. The minimum absolute atomic E-state index is 0.00168. The molecule has 7 saturated heterocycles. The van der Waals surface area contributed by atoms with Crippen molar-refractivity contribution < 1.29 is 130 Å². The first kappa shape index (κ1) is 110. The minimum atomic E-state index is -5.06. The summed E-state index contributed by atoms with van der Waals surface area (Å²) in [5.74, 6) is -0.357. The first-order valence-corrected chi connectivity index (χ1v) is 60.3. The first-order chi connectivity index (χ1) is 66.5. The number of rotatable bonds is 40. The smallest absolute Gasteiger partial charge is 0.351 e. The Morgan fingerprint density at radius 3 is 0.944 bits per heavy atom. The topological polar surface area (TPSA) is 760 Å². The van der Waals surface area contributed by atoms with Crippen LogP contribution in [0.1, 0.15) is 129 Å². The van der Waals surface area contributed by atoms with E-state index in [1.165, 1.54) is 84.1 Å². The Hall–Kier alpha value is -6.17. The minimum Gasteiger partial charge on any atom is -0.780 e. The van der Waals surface area contributed by atoms with Gasteiger partial charge in [-0.25, -0.2) is 43.7 Å². The van der Waals surface area contributed by atoms with Gasteiger partial charge in [0.15, 0.2) is 18.3 Å². The molecule has 0 radical (unpaired) electrons. The number of anilines is 3. The summed E-state index contributed by atoms with van der Waals surface area (Å²) in [4.78, 5) is 245. The van der Waals surface area contributed by atoms with Crippen molar-refractivity contribution in [2.24, 2.45) is 0 Å². The van der Waals surface area contributed by atoms with Gasteiger partial charge in [-0.15, -0.1) is 0 Å². The Kier molecular flexibility index (Phi) is 34.2. The van der Waals surface area contributed by atoms with E-state index in [-0.39, 0.29) is 81.3 Å². The van der Waals surface area contributed by atoms with E-state index >= 15 is 0 Å². The number of nitrogens with two attached hydrogens (primary N) is 3. The van der Waals surface area contributed by atoms with Crippen molar-refractivity contribution in [1.29, 1.82) is 0 Å². The zero-order valence-electron chi connectivity index (χ0n) is 75.0. The number of hydrogen-bond acceptors (Lipinski definition) is 53. The Bertz CT molecular complexity index is 7160. The zero-order valence-corrected chi connectivity index (χ0v) is 87.0. The third kappa shape index (κ3) is 26.4. The molecule has 57 nitrogen and oxygen atoms in total. The Balaban J connectivity index is 0.633. The van der Waals surface area contributed by atoms with Crippen LogP contribution in [-0.2, 0) is 184 Å². The summed E-state index contributed by atoms with van der Waals surface area (Å²) < 4.78 is 146. The van der Waals surface area contributed by atoms with Crippen molar-refractivity contribution >= 4 is 159 Å². The molecule has 28 atom stereocenters. The van der Waals surface area contributed by atoms with Crippen LogP contribution in [0.4, 0.5) is 17.5 Å². The molecule has 71 heteroatoms. The number of imidazole rings is 1. The van der Waals surface area contributed by atoms with Gasteiger partial charge in [0, 0.05) is 123 Å². The molecule has 7 fully saturated rings. The number of ether oxygens (including phenoxy) is 7. The second-order valence-corrected chi connectivity index (χ2v) is 52.4. The van der Waals surface area contributed by atoms with Gasteiger partial charge in [-0.2, -0.15) is 9.97 Å². The molecule has 0 amide bonds. The summed E-state index contributed by atoms with van der Waals surface area (Å²) in [6.07, 6.45) is -22.1. The lowest BCUT2D eigenvalue weighted by atomic mass is 10.2. The summed E-state index contributed by atoms with van der Waals surface area (Å²) >= 11 is 37.7. The van der Waals surface area contributed by atoms with Gasteiger partial charge >= 0.3 is 34.1 Å². The van der Waals surface area contributed by atoms with Crippen LogP contribution in [0.15, 0.2) is 97.8 Å². The van der Waals surface area contributed by atoms with E-state index in [0.717, 1.165) is 53.2 Å². The number of nitrogen functional groups attached to an aromatic ring is 3. The molecular weight excluding hydrogens is 2170 g/mol. The molecule has 7 aliphatic heterocycles.